The van der Waals surface area contributed by atoms with Gasteiger partial charge < -0.3 is 10.2 Å². The Hall–Kier alpha value is -1.29. The van der Waals surface area contributed by atoms with Gasteiger partial charge in [0.05, 0.1) is 6.26 Å². The maximum Gasteiger partial charge on any atom is 0.180 e. The molecule has 2 aromatic heterocycles. The van der Waals surface area contributed by atoms with Crippen LogP contribution in [-0.2, 0) is 0 Å². The van der Waals surface area contributed by atoms with E-state index in [4.69, 9.17) is 10.2 Å². The van der Waals surface area contributed by atoms with Crippen molar-refractivity contribution in [2.45, 2.75) is 6.92 Å². The van der Waals surface area contributed by atoms with E-state index in [0.29, 0.717) is 5.13 Å². The zero-order valence-electron chi connectivity index (χ0n) is 6.57. The van der Waals surface area contributed by atoms with Gasteiger partial charge in [-0.15, -0.1) is 11.3 Å². The van der Waals surface area contributed by atoms with Crippen LogP contribution in [0.5, 0.6) is 0 Å². The highest BCUT2D eigenvalue weighted by Crippen LogP contribution is 2.24. The highest BCUT2D eigenvalue weighted by atomic mass is 32.1. The highest BCUT2D eigenvalue weighted by Gasteiger charge is 2.05. The molecule has 0 spiro atoms. The van der Waals surface area contributed by atoms with Crippen molar-refractivity contribution in [3.63, 3.8) is 0 Å². The lowest BCUT2D eigenvalue weighted by Gasteiger charge is -1.85. The van der Waals surface area contributed by atoms with Gasteiger partial charge in [-0.05, 0) is 18.6 Å². The molecule has 0 aliphatic heterocycles. The van der Waals surface area contributed by atoms with Crippen molar-refractivity contribution in [1.29, 1.82) is 0 Å². The van der Waals surface area contributed by atoms with Gasteiger partial charge in [-0.2, -0.15) is 0 Å². The van der Waals surface area contributed by atoms with E-state index in [0.717, 1.165) is 17.0 Å². The lowest BCUT2D eigenvalue weighted by atomic mass is 10.3. The van der Waals surface area contributed by atoms with Crippen molar-refractivity contribution < 1.29 is 4.42 Å². The first-order valence-corrected chi connectivity index (χ1v) is 4.40. The Kier molecular flexibility index (Phi) is 1.62. The molecule has 3 nitrogen and oxygen atoms in total. The van der Waals surface area contributed by atoms with Crippen molar-refractivity contribution in [1.82, 2.24) is 4.98 Å². The number of furan rings is 1. The molecule has 0 aliphatic carbocycles. The third kappa shape index (κ3) is 1.21. The second kappa shape index (κ2) is 2.64. The number of anilines is 1. The number of aromatic nitrogens is 1. The van der Waals surface area contributed by atoms with Gasteiger partial charge >= 0.3 is 0 Å². The summed E-state index contributed by atoms with van der Waals surface area (Å²) in [7, 11) is 0. The second-order valence-corrected chi connectivity index (χ2v) is 3.45. The third-order valence-electron chi connectivity index (χ3n) is 1.50. The van der Waals surface area contributed by atoms with Gasteiger partial charge in [-0.25, -0.2) is 4.98 Å². The molecular formula is C8H8N2OS. The number of aryl methyl sites for hydroxylation is 1. The Labute approximate surface area is 73.8 Å². The smallest absolute Gasteiger partial charge is 0.180 e. The largest absolute Gasteiger partial charge is 0.462 e. The minimum absolute atomic E-state index is 0.569. The van der Waals surface area contributed by atoms with Crippen LogP contribution >= 0.6 is 11.3 Å². The van der Waals surface area contributed by atoms with Gasteiger partial charge in [-0.1, -0.05) is 0 Å². The number of rotatable bonds is 1. The third-order valence-corrected chi connectivity index (χ3v) is 2.18. The standard InChI is InChI=1S/C8H8N2OS/c1-5-2-7(11-3-5)6-4-12-8(9)10-6/h2-4H,1H3,(H2,9,10). The van der Waals surface area contributed by atoms with Crippen molar-refractivity contribution in [2.75, 3.05) is 5.73 Å². The number of hydrogen-bond donors (Lipinski definition) is 1. The Morgan fingerprint density at radius 2 is 2.42 bits per heavy atom. The molecule has 0 amide bonds. The maximum absolute atomic E-state index is 5.49. The average molecular weight is 180 g/mol. The molecule has 0 radical (unpaired) electrons. The summed E-state index contributed by atoms with van der Waals surface area (Å²) >= 11 is 1.42. The zero-order valence-corrected chi connectivity index (χ0v) is 7.39. The number of thiazole rings is 1. The van der Waals surface area contributed by atoms with Crippen LogP contribution in [0.25, 0.3) is 11.5 Å². The van der Waals surface area contributed by atoms with Crippen molar-refractivity contribution in [2.24, 2.45) is 0 Å². The predicted molar refractivity (Wildman–Crippen MR) is 49.0 cm³/mol. The van der Waals surface area contributed by atoms with Crippen LogP contribution in [0.3, 0.4) is 0 Å². The highest BCUT2D eigenvalue weighted by molar-refractivity contribution is 7.13. The monoisotopic (exact) mass is 180 g/mol. The Morgan fingerprint density at radius 3 is 2.92 bits per heavy atom. The molecule has 0 fully saturated rings. The first-order valence-electron chi connectivity index (χ1n) is 3.52. The number of nitrogen functional groups attached to an aromatic ring is 1. The normalized spacial score (nSPS) is 10.4. The quantitative estimate of drug-likeness (QED) is 0.732. The van der Waals surface area contributed by atoms with E-state index in [1.54, 1.807) is 6.26 Å². The van der Waals surface area contributed by atoms with Crippen LogP contribution < -0.4 is 5.73 Å². The number of hydrogen-bond acceptors (Lipinski definition) is 4. The fourth-order valence-electron chi connectivity index (χ4n) is 0.966. The van der Waals surface area contributed by atoms with E-state index >= 15 is 0 Å². The van der Waals surface area contributed by atoms with Gasteiger partial charge in [0.2, 0.25) is 0 Å². The van der Waals surface area contributed by atoms with E-state index in [2.05, 4.69) is 4.98 Å². The Bertz CT molecular complexity index is 353. The SMILES string of the molecule is Cc1coc(-c2csc(N)n2)c1. The topological polar surface area (TPSA) is 52.0 Å². The molecule has 12 heavy (non-hydrogen) atoms. The van der Waals surface area contributed by atoms with Gasteiger partial charge in [0.15, 0.2) is 10.9 Å². The summed E-state index contributed by atoms with van der Waals surface area (Å²) in [6.45, 7) is 1.97. The first kappa shape index (κ1) is 7.36. The summed E-state index contributed by atoms with van der Waals surface area (Å²) in [5.74, 6) is 0.778. The lowest BCUT2D eigenvalue weighted by Crippen LogP contribution is -1.81. The van der Waals surface area contributed by atoms with E-state index in [9.17, 15) is 0 Å². The van der Waals surface area contributed by atoms with Gasteiger partial charge in [-0.3, -0.25) is 0 Å². The number of nitrogens with two attached hydrogens (primary N) is 1. The van der Waals surface area contributed by atoms with Crippen LogP contribution in [-0.4, -0.2) is 4.98 Å². The molecule has 2 N–H and O–H groups in total. The molecule has 2 aromatic rings. The average Bonchev–Trinajstić information content (AvgIpc) is 2.58. The van der Waals surface area contributed by atoms with Gasteiger partial charge in [0.25, 0.3) is 0 Å². The number of nitrogens with zero attached hydrogens (tertiary/aromatic N) is 1. The first-order chi connectivity index (χ1) is 5.75. The lowest BCUT2D eigenvalue weighted by molar-refractivity contribution is 0.578. The molecule has 2 rings (SSSR count). The summed E-state index contributed by atoms with van der Waals surface area (Å²) in [4.78, 5) is 4.10. The molecular weight excluding hydrogens is 172 g/mol. The molecule has 0 aliphatic rings. The van der Waals surface area contributed by atoms with Crippen molar-refractivity contribution in [3.05, 3.63) is 23.3 Å². The summed E-state index contributed by atoms with van der Waals surface area (Å²) in [6.07, 6.45) is 1.70. The predicted octanol–water partition coefficient (Wildman–Crippen LogP) is 2.29. The zero-order chi connectivity index (χ0) is 8.55. The Balaban J connectivity index is 2.43. The second-order valence-electron chi connectivity index (χ2n) is 2.56. The molecule has 4 heteroatoms. The molecule has 0 bridgehead atoms. The van der Waals surface area contributed by atoms with E-state index in [1.165, 1.54) is 11.3 Å². The van der Waals surface area contributed by atoms with Crippen molar-refractivity contribution in [3.8, 4) is 11.5 Å². The van der Waals surface area contributed by atoms with E-state index in [1.807, 2.05) is 18.4 Å². The fourth-order valence-corrected chi connectivity index (χ4v) is 1.52. The molecule has 2 heterocycles. The fraction of sp³-hybridized carbons (Fsp3) is 0.125. The molecule has 0 saturated heterocycles. The van der Waals surface area contributed by atoms with Crippen LogP contribution in [0.15, 0.2) is 22.1 Å². The molecule has 0 atom stereocenters. The van der Waals surface area contributed by atoms with Crippen molar-refractivity contribution >= 4 is 16.5 Å². The van der Waals surface area contributed by atoms with E-state index in [-0.39, 0.29) is 0 Å². The minimum atomic E-state index is 0.569. The maximum atomic E-state index is 5.49. The molecule has 62 valence electrons. The van der Waals surface area contributed by atoms with Crippen LogP contribution in [0.1, 0.15) is 5.56 Å². The summed E-state index contributed by atoms with van der Waals surface area (Å²) in [5, 5.41) is 2.45. The summed E-state index contributed by atoms with van der Waals surface area (Å²) in [5.41, 5.74) is 7.39. The summed E-state index contributed by atoms with van der Waals surface area (Å²) in [6, 6.07) is 1.94. The van der Waals surface area contributed by atoms with Gasteiger partial charge in [0, 0.05) is 5.38 Å². The minimum Gasteiger partial charge on any atom is -0.462 e. The summed E-state index contributed by atoms with van der Waals surface area (Å²) < 4.78 is 5.25. The molecule has 0 unspecified atom stereocenters. The van der Waals surface area contributed by atoms with E-state index < -0.39 is 0 Å². The van der Waals surface area contributed by atoms with Crippen LogP contribution in [0.2, 0.25) is 0 Å². The molecule has 0 aromatic carbocycles. The van der Waals surface area contributed by atoms with Gasteiger partial charge in [0.1, 0.15) is 5.69 Å². The van der Waals surface area contributed by atoms with Crippen LogP contribution in [0, 0.1) is 6.92 Å². The molecule has 0 saturated carbocycles. The van der Waals surface area contributed by atoms with Crippen LogP contribution in [0.4, 0.5) is 5.13 Å². The Morgan fingerprint density at radius 1 is 1.58 bits per heavy atom.